The Labute approximate surface area is 123 Å². The van der Waals surface area contributed by atoms with Crippen LogP contribution in [0.1, 0.15) is 28.6 Å². The summed E-state index contributed by atoms with van der Waals surface area (Å²) in [5.74, 6) is 0.610. The Bertz CT molecular complexity index is 707. The number of hydrogen-bond donors (Lipinski definition) is 1. The van der Waals surface area contributed by atoms with Crippen LogP contribution in [0.2, 0.25) is 0 Å². The van der Waals surface area contributed by atoms with Gasteiger partial charge in [-0.15, -0.1) is 0 Å². The maximum Gasteiger partial charge on any atom is 0.348 e. The molecule has 5 nitrogen and oxygen atoms in total. The summed E-state index contributed by atoms with van der Waals surface area (Å²) in [5.41, 5.74) is 2.80. The number of aliphatic hydroxyl groups is 1. The zero-order chi connectivity index (χ0) is 15.6. The van der Waals surface area contributed by atoms with E-state index < -0.39 is 6.10 Å². The summed E-state index contributed by atoms with van der Waals surface area (Å²) in [6.45, 7) is 5.70. The summed E-state index contributed by atoms with van der Waals surface area (Å²) in [6, 6.07) is 7.42. The first-order chi connectivity index (χ1) is 9.92. The van der Waals surface area contributed by atoms with Crippen LogP contribution in [0.3, 0.4) is 0 Å². The summed E-state index contributed by atoms with van der Waals surface area (Å²) in [7, 11) is 1.56. The van der Waals surface area contributed by atoms with Crippen LogP contribution in [0.25, 0.3) is 0 Å². The normalized spacial score (nSPS) is 12.2. The van der Waals surface area contributed by atoms with Crippen molar-refractivity contribution in [2.24, 2.45) is 0 Å². The van der Waals surface area contributed by atoms with Gasteiger partial charge in [-0.1, -0.05) is 11.6 Å². The van der Waals surface area contributed by atoms with Gasteiger partial charge in [-0.05, 0) is 39.0 Å². The summed E-state index contributed by atoms with van der Waals surface area (Å²) in [6.07, 6.45) is -0.833. The fraction of sp³-hybridized carbons (Fsp3) is 0.375. The lowest BCUT2D eigenvalue weighted by atomic mass is 10.0. The van der Waals surface area contributed by atoms with E-state index >= 15 is 0 Å². The van der Waals surface area contributed by atoms with Crippen molar-refractivity contribution in [3.05, 3.63) is 57.3 Å². The molecule has 5 heteroatoms. The van der Waals surface area contributed by atoms with Gasteiger partial charge in [-0.25, -0.2) is 4.79 Å². The van der Waals surface area contributed by atoms with Crippen molar-refractivity contribution in [2.75, 3.05) is 7.11 Å². The average Bonchev–Trinajstić information content (AvgIpc) is 2.42. The third-order valence-corrected chi connectivity index (χ3v) is 3.45. The minimum absolute atomic E-state index is 0.151. The predicted octanol–water partition coefficient (Wildman–Crippen LogP) is 1.91. The number of aliphatic hydroxyl groups excluding tert-OH is 1. The molecule has 1 atom stereocenters. The lowest BCUT2D eigenvalue weighted by molar-refractivity contribution is 0.149. The van der Waals surface area contributed by atoms with E-state index in [2.05, 4.69) is 4.98 Å². The van der Waals surface area contributed by atoms with E-state index in [9.17, 15) is 9.90 Å². The van der Waals surface area contributed by atoms with Gasteiger partial charge in [0.2, 0.25) is 0 Å². The zero-order valence-electron chi connectivity index (χ0n) is 12.8. The van der Waals surface area contributed by atoms with Crippen molar-refractivity contribution in [2.45, 2.75) is 33.4 Å². The molecular formula is C16H20N2O3. The van der Waals surface area contributed by atoms with Crippen LogP contribution in [0, 0.1) is 20.8 Å². The monoisotopic (exact) mass is 288 g/mol. The van der Waals surface area contributed by atoms with Crippen molar-refractivity contribution < 1.29 is 9.84 Å². The molecule has 0 aliphatic rings. The molecule has 1 heterocycles. The van der Waals surface area contributed by atoms with Crippen LogP contribution in [0.5, 0.6) is 5.75 Å². The second-order valence-corrected chi connectivity index (χ2v) is 5.19. The Morgan fingerprint density at radius 2 is 2.00 bits per heavy atom. The Balaban J connectivity index is 2.37. The molecule has 21 heavy (non-hydrogen) atoms. The first-order valence-corrected chi connectivity index (χ1v) is 6.80. The van der Waals surface area contributed by atoms with Crippen LogP contribution < -0.4 is 10.4 Å². The summed E-state index contributed by atoms with van der Waals surface area (Å²) in [5, 5.41) is 10.5. The lowest BCUT2D eigenvalue weighted by Crippen LogP contribution is -2.28. The fourth-order valence-electron chi connectivity index (χ4n) is 2.38. The van der Waals surface area contributed by atoms with Gasteiger partial charge in [-0.3, -0.25) is 4.57 Å². The number of methoxy groups -OCH3 is 1. The number of nitrogens with zero attached hydrogens (tertiary/aromatic N) is 2. The second kappa shape index (κ2) is 6.10. The second-order valence-electron chi connectivity index (χ2n) is 5.19. The van der Waals surface area contributed by atoms with Gasteiger partial charge in [0.25, 0.3) is 0 Å². The zero-order valence-corrected chi connectivity index (χ0v) is 12.8. The van der Waals surface area contributed by atoms with Crippen LogP contribution >= 0.6 is 0 Å². The van der Waals surface area contributed by atoms with Crippen molar-refractivity contribution >= 4 is 0 Å². The maximum absolute atomic E-state index is 12.0. The minimum atomic E-state index is -0.833. The number of aromatic nitrogens is 2. The number of ether oxygens (including phenoxy) is 1. The molecular weight excluding hydrogens is 268 g/mol. The highest BCUT2D eigenvalue weighted by Gasteiger charge is 2.16. The number of aryl methyl sites for hydroxylation is 3. The SMILES string of the molecule is COc1ccc(C)cc1C(O)Cn1c(C)cc(C)nc1=O. The molecule has 112 valence electrons. The third kappa shape index (κ3) is 3.31. The molecule has 0 aliphatic heterocycles. The maximum atomic E-state index is 12.0. The number of benzene rings is 1. The molecule has 0 bridgehead atoms. The molecule has 1 N–H and O–H groups in total. The predicted molar refractivity (Wildman–Crippen MR) is 80.7 cm³/mol. The summed E-state index contributed by atoms with van der Waals surface area (Å²) in [4.78, 5) is 15.9. The standard InChI is InChI=1S/C16H20N2O3/c1-10-5-6-15(21-4)13(7-10)14(19)9-18-12(3)8-11(2)17-16(18)20/h5-8,14,19H,9H2,1-4H3. The molecule has 0 amide bonds. The topological polar surface area (TPSA) is 64.3 Å². The fourth-order valence-corrected chi connectivity index (χ4v) is 2.38. The molecule has 0 saturated carbocycles. The van der Waals surface area contributed by atoms with E-state index in [1.165, 1.54) is 4.57 Å². The summed E-state index contributed by atoms with van der Waals surface area (Å²) < 4.78 is 6.75. The van der Waals surface area contributed by atoms with Gasteiger partial charge in [0.1, 0.15) is 11.9 Å². The Morgan fingerprint density at radius 3 is 2.62 bits per heavy atom. The molecule has 1 unspecified atom stereocenters. The Morgan fingerprint density at radius 1 is 1.29 bits per heavy atom. The van der Waals surface area contributed by atoms with Crippen molar-refractivity contribution in [1.82, 2.24) is 9.55 Å². The highest BCUT2D eigenvalue weighted by atomic mass is 16.5. The molecule has 1 aromatic heterocycles. The molecule has 0 saturated heterocycles. The number of hydrogen-bond acceptors (Lipinski definition) is 4. The van der Waals surface area contributed by atoms with Crippen molar-refractivity contribution in [3.8, 4) is 5.75 Å². The van der Waals surface area contributed by atoms with Gasteiger partial charge >= 0.3 is 5.69 Å². The highest BCUT2D eigenvalue weighted by Crippen LogP contribution is 2.27. The molecule has 0 aliphatic carbocycles. The van der Waals surface area contributed by atoms with Gasteiger partial charge in [0.05, 0.1) is 13.7 Å². The Kier molecular flexibility index (Phi) is 4.43. The van der Waals surface area contributed by atoms with E-state index in [1.807, 2.05) is 38.1 Å². The molecule has 2 rings (SSSR count). The molecule has 0 radical (unpaired) electrons. The lowest BCUT2D eigenvalue weighted by Gasteiger charge is -2.18. The van der Waals surface area contributed by atoms with Crippen molar-refractivity contribution in [1.29, 1.82) is 0 Å². The highest BCUT2D eigenvalue weighted by molar-refractivity contribution is 5.38. The van der Waals surface area contributed by atoms with E-state index in [0.717, 1.165) is 11.3 Å². The van der Waals surface area contributed by atoms with E-state index in [1.54, 1.807) is 14.0 Å². The first-order valence-electron chi connectivity index (χ1n) is 6.80. The van der Waals surface area contributed by atoms with Crippen molar-refractivity contribution in [3.63, 3.8) is 0 Å². The molecule has 0 spiro atoms. The van der Waals surface area contributed by atoms with E-state index in [-0.39, 0.29) is 12.2 Å². The van der Waals surface area contributed by atoms with Gasteiger partial charge in [0.15, 0.2) is 0 Å². The van der Waals surface area contributed by atoms with Gasteiger partial charge < -0.3 is 9.84 Å². The number of rotatable bonds is 4. The first kappa shape index (κ1) is 15.3. The van der Waals surface area contributed by atoms with Gasteiger partial charge in [-0.2, -0.15) is 4.98 Å². The largest absolute Gasteiger partial charge is 0.496 e. The average molecular weight is 288 g/mol. The smallest absolute Gasteiger partial charge is 0.348 e. The van der Waals surface area contributed by atoms with Crippen LogP contribution in [-0.2, 0) is 6.54 Å². The van der Waals surface area contributed by atoms with E-state index in [4.69, 9.17) is 4.74 Å². The quantitative estimate of drug-likeness (QED) is 0.933. The Hall–Kier alpha value is -2.14. The third-order valence-electron chi connectivity index (χ3n) is 3.45. The minimum Gasteiger partial charge on any atom is -0.496 e. The van der Waals surface area contributed by atoms with Gasteiger partial charge in [0, 0.05) is 17.0 Å². The molecule has 1 aromatic carbocycles. The molecule has 0 fully saturated rings. The van der Waals surface area contributed by atoms with Crippen LogP contribution in [0.4, 0.5) is 0 Å². The molecule has 2 aromatic rings. The summed E-state index contributed by atoms with van der Waals surface area (Å²) >= 11 is 0. The van der Waals surface area contributed by atoms with E-state index in [0.29, 0.717) is 17.0 Å². The van der Waals surface area contributed by atoms with Crippen LogP contribution in [-0.4, -0.2) is 21.8 Å². The van der Waals surface area contributed by atoms with Crippen LogP contribution in [0.15, 0.2) is 29.1 Å².